The number of fused-ring (bicyclic) bond motifs is 1. The number of aryl methyl sites for hydroxylation is 2. The van der Waals surface area contributed by atoms with Gasteiger partial charge in [0.15, 0.2) is 0 Å². The van der Waals surface area contributed by atoms with E-state index >= 15 is 0 Å². The van der Waals surface area contributed by atoms with E-state index in [4.69, 9.17) is 5.11 Å². The summed E-state index contributed by atoms with van der Waals surface area (Å²) in [4.78, 5) is 23.1. The molecule has 2 aromatic rings. The lowest BCUT2D eigenvalue weighted by atomic mass is 10.0. The molecule has 0 bridgehead atoms. The van der Waals surface area contributed by atoms with Crippen LogP contribution in [0.2, 0.25) is 0 Å². The van der Waals surface area contributed by atoms with Crippen molar-refractivity contribution in [3.63, 3.8) is 0 Å². The lowest BCUT2D eigenvalue weighted by molar-refractivity contribution is -0.274. The number of ether oxygens (including phenoxy) is 1. The van der Waals surface area contributed by atoms with Crippen LogP contribution in [0, 0.1) is 6.92 Å². The van der Waals surface area contributed by atoms with E-state index in [9.17, 15) is 22.8 Å². The van der Waals surface area contributed by atoms with Crippen LogP contribution in [-0.2, 0) is 7.05 Å². The highest BCUT2D eigenvalue weighted by Gasteiger charge is 2.31. The molecule has 0 aliphatic carbocycles. The van der Waals surface area contributed by atoms with Gasteiger partial charge in [0, 0.05) is 18.5 Å². The topological polar surface area (TPSA) is 68.5 Å². The molecule has 0 saturated carbocycles. The van der Waals surface area contributed by atoms with Crippen LogP contribution in [0.4, 0.5) is 13.2 Å². The molecular formula is C13H10F3NO4. The van der Waals surface area contributed by atoms with Gasteiger partial charge in [-0.25, -0.2) is 4.79 Å². The number of carbonyl (C=O) groups is 1. The Balaban J connectivity index is 2.76. The molecule has 1 aromatic heterocycles. The van der Waals surface area contributed by atoms with Gasteiger partial charge in [0.1, 0.15) is 11.3 Å². The molecule has 1 heterocycles. The lowest BCUT2D eigenvalue weighted by Gasteiger charge is -2.13. The van der Waals surface area contributed by atoms with Gasteiger partial charge in [-0.3, -0.25) is 4.79 Å². The van der Waals surface area contributed by atoms with Crippen LogP contribution in [0.15, 0.2) is 23.0 Å². The van der Waals surface area contributed by atoms with Gasteiger partial charge < -0.3 is 14.4 Å². The summed E-state index contributed by atoms with van der Waals surface area (Å²) in [5.74, 6) is -1.86. The highest BCUT2D eigenvalue weighted by Crippen LogP contribution is 2.27. The predicted molar refractivity (Wildman–Crippen MR) is 67.6 cm³/mol. The first-order valence-electron chi connectivity index (χ1n) is 5.74. The fourth-order valence-corrected chi connectivity index (χ4v) is 2.13. The van der Waals surface area contributed by atoms with E-state index in [1.54, 1.807) is 0 Å². The standard InChI is InChI=1S/C13H10F3NO4/c1-6-8-4-3-7(21-13(14,15)16)5-9(8)17(2)11(18)10(6)12(19)20/h3-5H,1-2H3,(H,19,20). The third-order valence-corrected chi connectivity index (χ3v) is 3.08. The molecule has 2 rings (SSSR count). The van der Waals surface area contributed by atoms with Gasteiger partial charge in [0.25, 0.3) is 5.56 Å². The summed E-state index contributed by atoms with van der Waals surface area (Å²) in [5, 5.41) is 9.42. The fourth-order valence-electron chi connectivity index (χ4n) is 2.13. The number of carboxylic acids is 1. The molecule has 0 spiro atoms. The first-order chi connectivity index (χ1) is 9.61. The quantitative estimate of drug-likeness (QED) is 0.925. The number of aromatic carboxylic acids is 1. The van der Waals surface area contributed by atoms with Gasteiger partial charge in [-0.1, -0.05) is 0 Å². The van der Waals surface area contributed by atoms with Gasteiger partial charge in [0.2, 0.25) is 0 Å². The first kappa shape index (κ1) is 14.9. The Morgan fingerprint density at radius 2 is 1.95 bits per heavy atom. The maximum Gasteiger partial charge on any atom is 0.573 e. The van der Waals surface area contributed by atoms with Crippen molar-refractivity contribution in [3.05, 3.63) is 39.7 Å². The van der Waals surface area contributed by atoms with Gasteiger partial charge in [-0.2, -0.15) is 0 Å². The van der Waals surface area contributed by atoms with E-state index in [0.717, 1.165) is 16.7 Å². The number of halogens is 3. The number of benzene rings is 1. The molecule has 0 aliphatic heterocycles. The molecule has 0 saturated heterocycles. The van der Waals surface area contributed by atoms with Crippen molar-refractivity contribution in [1.29, 1.82) is 0 Å². The second kappa shape index (κ2) is 4.80. The minimum absolute atomic E-state index is 0.157. The van der Waals surface area contributed by atoms with Crippen molar-refractivity contribution >= 4 is 16.9 Å². The Morgan fingerprint density at radius 3 is 2.48 bits per heavy atom. The summed E-state index contributed by atoms with van der Waals surface area (Å²) in [6.45, 7) is 1.43. The molecule has 21 heavy (non-hydrogen) atoms. The smallest absolute Gasteiger partial charge is 0.477 e. The van der Waals surface area contributed by atoms with Crippen LogP contribution in [0.25, 0.3) is 10.9 Å². The highest BCUT2D eigenvalue weighted by atomic mass is 19.4. The summed E-state index contributed by atoms with van der Waals surface area (Å²) in [6, 6.07) is 3.40. The zero-order chi connectivity index (χ0) is 15.9. The third-order valence-electron chi connectivity index (χ3n) is 3.08. The monoisotopic (exact) mass is 301 g/mol. The zero-order valence-corrected chi connectivity index (χ0v) is 11.0. The number of hydrogen-bond acceptors (Lipinski definition) is 3. The van der Waals surface area contributed by atoms with E-state index in [2.05, 4.69) is 4.74 Å². The third kappa shape index (κ3) is 2.69. The minimum Gasteiger partial charge on any atom is -0.477 e. The molecule has 112 valence electrons. The maximum absolute atomic E-state index is 12.2. The largest absolute Gasteiger partial charge is 0.573 e. The Kier molecular flexibility index (Phi) is 3.40. The lowest BCUT2D eigenvalue weighted by Crippen LogP contribution is -2.26. The molecule has 0 unspecified atom stereocenters. The molecule has 0 radical (unpaired) electrons. The Morgan fingerprint density at radius 1 is 1.33 bits per heavy atom. The molecule has 1 aromatic carbocycles. The zero-order valence-electron chi connectivity index (χ0n) is 11.0. The minimum atomic E-state index is -4.84. The van der Waals surface area contributed by atoms with Crippen LogP contribution >= 0.6 is 0 Å². The summed E-state index contributed by atoms with van der Waals surface area (Å²) in [6.07, 6.45) is -4.84. The number of pyridine rings is 1. The van der Waals surface area contributed by atoms with Crippen LogP contribution in [0.1, 0.15) is 15.9 Å². The Hall–Kier alpha value is -2.51. The van der Waals surface area contributed by atoms with Crippen molar-refractivity contribution in [2.75, 3.05) is 0 Å². The number of rotatable bonds is 2. The highest BCUT2D eigenvalue weighted by molar-refractivity contribution is 5.96. The number of hydrogen-bond donors (Lipinski definition) is 1. The van der Waals surface area contributed by atoms with Crippen molar-refractivity contribution in [1.82, 2.24) is 4.57 Å². The van der Waals surface area contributed by atoms with E-state index < -0.39 is 29.2 Å². The Labute approximate surface area is 116 Å². The maximum atomic E-state index is 12.2. The Bertz CT molecular complexity index is 793. The molecule has 0 fully saturated rings. The number of alkyl halides is 3. The van der Waals surface area contributed by atoms with Crippen LogP contribution in [-0.4, -0.2) is 22.0 Å². The van der Waals surface area contributed by atoms with Crippen molar-refractivity contribution < 1.29 is 27.8 Å². The number of aromatic nitrogens is 1. The number of carboxylic acid groups (broad SMARTS) is 1. The van der Waals surface area contributed by atoms with Gasteiger partial charge in [0.05, 0.1) is 5.52 Å². The van der Waals surface area contributed by atoms with E-state index in [1.807, 2.05) is 0 Å². The summed E-state index contributed by atoms with van der Waals surface area (Å²) >= 11 is 0. The van der Waals surface area contributed by atoms with Crippen LogP contribution in [0.5, 0.6) is 5.75 Å². The van der Waals surface area contributed by atoms with Crippen molar-refractivity contribution in [2.24, 2.45) is 7.05 Å². The molecule has 5 nitrogen and oxygen atoms in total. The number of nitrogens with zero attached hydrogens (tertiary/aromatic N) is 1. The normalized spacial score (nSPS) is 11.7. The molecule has 0 aliphatic rings. The SMILES string of the molecule is Cc1c(C(=O)O)c(=O)n(C)c2cc(OC(F)(F)F)ccc12. The van der Waals surface area contributed by atoms with Crippen LogP contribution in [0.3, 0.4) is 0 Å². The van der Waals surface area contributed by atoms with Gasteiger partial charge in [-0.15, -0.1) is 13.2 Å². The van der Waals surface area contributed by atoms with E-state index in [1.165, 1.54) is 20.0 Å². The van der Waals surface area contributed by atoms with Crippen molar-refractivity contribution in [3.8, 4) is 5.75 Å². The second-order valence-electron chi connectivity index (χ2n) is 4.40. The molecule has 8 heteroatoms. The van der Waals surface area contributed by atoms with E-state index in [-0.39, 0.29) is 11.1 Å². The summed E-state index contributed by atoms with van der Waals surface area (Å²) < 4.78 is 41.4. The summed E-state index contributed by atoms with van der Waals surface area (Å²) in [7, 11) is 1.29. The first-order valence-corrected chi connectivity index (χ1v) is 5.74. The summed E-state index contributed by atoms with van der Waals surface area (Å²) in [5.41, 5.74) is -0.852. The molecular weight excluding hydrogens is 291 g/mol. The predicted octanol–water partition coefficient (Wildman–Crippen LogP) is 2.44. The van der Waals surface area contributed by atoms with Crippen molar-refractivity contribution in [2.45, 2.75) is 13.3 Å². The molecule has 0 amide bonds. The fraction of sp³-hybridized carbons (Fsp3) is 0.231. The second-order valence-corrected chi connectivity index (χ2v) is 4.40. The van der Waals surface area contributed by atoms with E-state index in [0.29, 0.717) is 5.39 Å². The molecule has 1 N–H and O–H groups in total. The molecule has 0 atom stereocenters. The average molecular weight is 301 g/mol. The average Bonchev–Trinajstić information content (AvgIpc) is 2.33. The van der Waals surface area contributed by atoms with Gasteiger partial charge >= 0.3 is 12.3 Å². The van der Waals surface area contributed by atoms with Crippen LogP contribution < -0.4 is 10.3 Å². The van der Waals surface area contributed by atoms with Gasteiger partial charge in [-0.05, 0) is 24.6 Å².